The maximum Gasteiger partial charge on any atom is 0.243 e. The van der Waals surface area contributed by atoms with Gasteiger partial charge in [0.25, 0.3) is 0 Å². The summed E-state index contributed by atoms with van der Waals surface area (Å²) in [6.45, 7) is 5.59. The second-order valence-corrected chi connectivity index (χ2v) is 3.08. The normalized spacial score (nSPS) is 9.13. The molecule has 0 rings (SSSR count). The topological polar surface area (TPSA) is 75.3 Å². The van der Waals surface area contributed by atoms with Crippen molar-refractivity contribution in [2.75, 3.05) is 13.1 Å². The second-order valence-electron chi connectivity index (χ2n) is 3.08. The van der Waals surface area contributed by atoms with Gasteiger partial charge in [0.1, 0.15) is 5.78 Å². The SMILES string of the molecule is C=CC(=O)NCCCNC(=O)CC(C)=O. The van der Waals surface area contributed by atoms with Crippen LogP contribution in [0.25, 0.3) is 0 Å². The van der Waals surface area contributed by atoms with Crippen LogP contribution in [-0.2, 0) is 14.4 Å². The molecule has 0 saturated heterocycles. The molecule has 0 atom stereocenters. The zero-order valence-corrected chi connectivity index (χ0v) is 8.84. The Balaban J connectivity index is 3.38. The van der Waals surface area contributed by atoms with Crippen LogP contribution >= 0.6 is 0 Å². The fourth-order valence-electron chi connectivity index (χ4n) is 0.889. The average Bonchev–Trinajstić information content (AvgIpc) is 2.15. The van der Waals surface area contributed by atoms with E-state index in [2.05, 4.69) is 17.2 Å². The Hall–Kier alpha value is -1.65. The monoisotopic (exact) mass is 212 g/mol. The van der Waals surface area contributed by atoms with E-state index in [0.29, 0.717) is 19.5 Å². The number of nitrogens with one attached hydrogen (secondary N) is 2. The van der Waals surface area contributed by atoms with Gasteiger partial charge in [0, 0.05) is 13.1 Å². The number of rotatable bonds is 7. The number of carbonyl (C=O) groups is 3. The lowest BCUT2D eigenvalue weighted by Crippen LogP contribution is -2.29. The predicted molar refractivity (Wildman–Crippen MR) is 56.1 cm³/mol. The molecule has 0 fully saturated rings. The van der Waals surface area contributed by atoms with E-state index >= 15 is 0 Å². The molecule has 0 aliphatic heterocycles. The van der Waals surface area contributed by atoms with Gasteiger partial charge in [-0.05, 0) is 19.4 Å². The highest BCUT2D eigenvalue weighted by atomic mass is 16.2. The van der Waals surface area contributed by atoms with E-state index < -0.39 is 0 Å². The molecule has 0 aromatic carbocycles. The Morgan fingerprint density at radius 2 is 1.80 bits per heavy atom. The molecule has 0 heterocycles. The van der Waals surface area contributed by atoms with Crippen molar-refractivity contribution in [3.05, 3.63) is 12.7 Å². The van der Waals surface area contributed by atoms with Gasteiger partial charge in [-0.1, -0.05) is 6.58 Å². The molecule has 0 aromatic heterocycles. The molecule has 84 valence electrons. The highest BCUT2D eigenvalue weighted by Crippen LogP contribution is 1.82. The summed E-state index contributed by atoms with van der Waals surface area (Å²) in [5, 5.41) is 5.14. The van der Waals surface area contributed by atoms with Crippen LogP contribution in [0, 0.1) is 0 Å². The lowest BCUT2D eigenvalue weighted by Gasteiger charge is -2.04. The molecule has 0 bridgehead atoms. The van der Waals surface area contributed by atoms with Gasteiger partial charge < -0.3 is 10.6 Å². The third kappa shape index (κ3) is 8.67. The summed E-state index contributed by atoms with van der Waals surface area (Å²) in [5.74, 6) is -0.671. The van der Waals surface area contributed by atoms with E-state index in [1.54, 1.807) is 0 Å². The van der Waals surface area contributed by atoms with Gasteiger partial charge in [-0.2, -0.15) is 0 Å². The van der Waals surface area contributed by atoms with Crippen molar-refractivity contribution in [3.63, 3.8) is 0 Å². The van der Waals surface area contributed by atoms with Gasteiger partial charge in [-0.25, -0.2) is 0 Å². The highest BCUT2D eigenvalue weighted by molar-refractivity contribution is 5.96. The minimum atomic E-state index is -0.280. The largest absolute Gasteiger partial charge is 0.356 e. The van der Waals surface area contributed by atoms with E-state index in [0.717, 1.165) is 0 Å². The molecule has 0 aromatic rings. The quantitative estimate of drug-likeness (QED) is 0.348. The van der Waals surface area contributed by atoms with Crippen LogP contribution in [0.15, 0.2) is 12.7 Å². The summed E-state index contributed by atoms with van der Waals surface area (Å²) >= 11 is 0. The van der Waals surface area contributed by atoms with Gasteiger partial charge >= 0.3 is 0 Å². The minimum absolute atomic E-state index is 0.0843. The number of hydrogen-bond donors (Lipinski definition) is 2. The maximum atomic E-state index is 11.0. The fraction of sp³-hybridized carbons (Fsp3) is 0.500. The van der Waals surface area contributed by atoms with Crippen molar-refractivity contribution in [3.8, 4) is 0 Å². The number of amides is 2. The molecule has 0 unspecified atom stereocenters. The summed E-state index contributed by atoms with van der Waals surface area (Å²) < 4.78 is 0. The standard InChI is InChI=1S/C10H16N2O3/c1-3-9(14)11-5-4-6-12-10(15)7-8(2)13/h3H,1,4-7H2,2H3,(H,11,14)(H,12,15). The number of hydrogen-bond acceptors (Lipinski definition) is 3. The van der Waals surface area contributed by atoms with Crippen molar-refractivity contribution in [2.45, 2.75) is 19.8 Å². The molecule has 0 aliphatic rings. The molecule has 0 aliphatic carbocycles. The van der Waals surface area contributed by atoms with Crippen molar-refractivity contribution in [2.24, 2.45) is 0 Å². The Morgan fingerprint density at radius 1 is 1.20 bits per heavy atom. The molecule has 2 N–H and O–H groups in total. The molecule has 5 nitrogen and oxygen atoms in total. The lowest BCUT2D eigenvalue weighted by atomic mass is 10.3. The first kappa shape index (κ1) is 13.4. The zero-order chi connectivity index (χ0) is 11.7. The van der Waals surface area contributed by atoms with E-state index in [1.807, 2.05) is 0 Å². The Morgan fingerprint density at radius 3 is 2.33 bits per heavy atom. The van der Waals surface area contributed by atoms with Crippen molar-refractivity contribution < 1.29 is 14.4 Å². The Bertz CT molecular complexity index is 261. The third-order valence-corrected chi connectivity index (χ3v) is 1.57. The van der Waals surface area contributed by atoms with Crippen LogP contribution in [0.4, 0.5) is 0 Å². The van der Waals surface area contributed by atoms with Crippen molar-refractivity contribution >= 4 is 17.6 Å². The zero-order valence-electron chi connectivity index (χ0n) is 8.84. The van der Waals surface area contributed by atoms with Gasteiger partial charge in [-0.15, -0.1) is 0 Å². The molecular formula is C10H16N2O3. The molecule has 0 saturated carbocycles. The number of carbonyl (C=O) groups excluding carboxylic acids is 3. The van der Waals surface area contributed by atoms with E-state index in [9.17, 15) is 14.4 Å². The fourth-order valence-corrected chi connectivity index (χ4v) is 0.889. The minimum Gasteiger partial charge on any atom is -0.356 e. The van der Waals surface area contributed by atoms with Crippen LogP contribution in [0.2, 0.25) is 0 Å². The summed E-state index contributed by atoms with van der Waals surface area (Å²) in [6.07, 6.45) is 1.73. The first-order valence-corrected chi connectivity index (χ1v) is 4.72. The first-order valence-electron chi connectivity index (χ1n) is 4.72. The molecule has 2 amide bonds. The highest BCUT2D eigenvalue weighted by Gasteiger charge is 2.03. The second kappa shape index (κ2) is 7.73. The molecular weight excluding hydrogens is 196 g/mol. The molecule has 5 heteroatoms. The predicted octanol–water partition coefficient (Wildman–Crippen LogP) is -0.226. The summed E-state index contributed by atoms with van der Waals surface area (Å²) in [4.78, 5) is 32.2. The number of ketones is 1. The van der Waals surface area contributed by atoms with Gasteiger partial charge in [0.2, 0.25) is 11.8 Å². The summed E-state index contributed by atoms with van der Waals surface area (Å²) in [6, 6.07) is 0. The van der Waals surface area contributed by atoms with Crippen molar-refractivity contribution in [1.82, 2.24) is 10.6 Å². The Kier molecular flexibility index (Phi) is 6.88. The average molecular weight is 212 g/mol. The van der Waals surface area contributed by atoms with Gasteiger partial charge in [0.15, 0.2) is 0 Å². The first-order chi connectivity index (χ1) is 7.06. The summed E-state index contributed by atoms with van der Waals surface area (Å²) in [5.41, 5.74) is 0. The van der Waals surface area contributed by atoms with Crippen LogP contribution in [0.5, 0.6) is 0 Å². The lowest BCUT2D eigenvalue weighted by molar-refractivity contribution is -0.127. The van der Waals surface area contributed by atoms with Crippen LogP contribution < -0.4 is 10.6 Å². The Labute approximate surface area is 88.9 Å². The van der Waals surface area contributed by atoms with Gasteiger partial charge in [0.05, 0.1) is 6.42 Å². The summed E-state index contributed by atoms with van der Waals surface area (Å²) in [7, 11) is 0. The smallest absolute Gasteiger partial charge is 0.243 e. The van der Waals surface area contributed by atoms with Crippen LogP contribution in [-0.4, -0.2) is 30.7 Å². The maximum absolute atomic E-state index is 11.0. The third-order valence-electron chi connectivity index (χ3n) is 1.57. The van der Waals surface area contributed by atoms with E-state index in [-0.39, 0.29) is 24.0 Å². The molecule has 0 spiro atoms. The van der Waals surface area contributed by atoms with Crippen LogP contribution in [0.3, 0.4) is 0 Å². The number of Topliss-reactive ketones (excluding diaryl/α,β-unsaturated/α-hetero) is 1. The van der Waals surface area contributed by atoms with Gasteiger partial charge in [-0.3, -0.25) is 14.4 Å². The molecule has 15 heavy (non-hydrogen) atoms. The molecule has 0 radical (unpaired) electrons. The van der Waals surface area contributed by atoms with E-state index in [4.69, 9.17) is 0 Å². The van der Waals surface area contributed by atoms with E-state index in [1.165, 1.54) is 13.0 Å². The van der Waals surface area contributed by atoms with Crippen LogP contribution in [0.1, 0.15) is 19.8 Å². The van der Waals surface area contributed by atoms with Crippen molar-refractivity contribution in [1.29, 1.82) is 0 Å².